The molecule has 0 aromatic heterocycles. The number of nitrogens with two attached hydrogens (primary N) is 1. The maximum atomic E-state index is 11.9. The fourth-order valence-corrected chi connectivity index (χ4v) is 2.29. The minimum atomic E-state index is -0.726. The summed E-state index contributed by atoms with van der Waals surface area (Å²) >= 11 is 0. The Bertz CT molecular complexity index is 299. The summed E-state index contributed by atoms with van der Waals surface area (Å²) in [6.07, 6.45) is 3.61. The third kappa shape index (κ3) is 3.98. The molecule has 5 nitrogen and oxygen atoms in total. The number of carboxylic acids is 1. The minimum Gasteiger partial charge on any atom is -0.481 e. The van der Waals surface area contributed by atoms with Gasteiger partial charge in [-0.2, -0.15) is 0 Å². The van der Waals surface area contributed by atoms with Crippen molar-refractivity contribution in [3.63, 3.8) is 0 Å². The summed E-state index contributed by atoms with van der Waals surface area (Å²) in [7, 11) is 0. The lowest BCUT2D eigenvalue weighted by atomic mass is 9.86. The van der Waals surface area contributed by atoms with Crippen LogP contribution in [0.2, 0.25) is 0 Å². The van der Waals surface area contributed by atoms with E-state index in [0.717, 1.165) is 19.3 Å². The standard InChI is InChI=1S/C13H24N2O3/c1-3-8(2)11(14)12(16)15-10-6-4-9(5-7-10)13(17)18/h8-11H,3-7,14H2,1-2H3,(H,15,16)(H,17,18)/t8?,9?,10?,11-/m0/s1. The van der Waals surface area contributed by atoms with Gasteiger partial charge in [-0.3, -0.25) is 9.59 Å². The van der Waals surface area contributed by atoms with Gasteiger partial charge in [-0.1, -0.05) is 20.3 Å². The zero-order chi connectivity index (χ0) is 13.7. The molecule has 1 aliphatic rings. The molecule has 1 amide bonds. The minimum absolute atomic E-state index is 0.0863. The summed E-state index contributed by atoms with van der Waals surface area (Å²) in [5.74, 6) is -0.916. The summed E-state index contributed by atoms with van der Waals surface area (Å²) in [6.45, 7) is 3.97. The van der Waals surface area contributed by atoms with Gasteiger partial charge in [-0.15, -0.1) is 0 Å². The second-order valence-electron chi connectivity index (χ2n) is 5.31. The number of nitrogens with one attached hydrogen (secondary N) is 1. The second-order valence-corrected chi connectivity index (χ2v) is 5.31. The molecule has 104 valence electrons. The quantitative estimate of drug-likeness (QED) is 0.687. The molecule has 18 heavy (non-hydrogen) atoms. The summed E-state index contributed by atoms with van der Waals surface area (Å²) in [4.78, 5) is 22.7. The number of hydrogen-bond acceptors (Lipinski definition) is 3. The van der Waals surface area contributed by atoms with Gasteiger partial charge in [0.05, 0.1) is 12.0 Å². The first kappa shape index (κ1) is 15.0. The molecule has 1 fully saturated rings. The van der Waals surface area contributed by atoms with Crippen molar-refractivity contribution < 1.29 is 14.7 Å². The number of carboxylic acid groups (broad SMARTS) is 1. The molecule has 0 bridgehead atoms. The largest absolute Gasteiger partial charge is 0.481 e. The Labute approximate surface area is 108 Å². The van der Waals surface area contributed by atoms with E-state index in [1.165, 1.54) is 0 Å². The van der Waals surface area contributed by atoms with Gasteiger partial charge in [0.25, 0.3) is 0 Å². The monoisotopic (exact) mass is 256 g/mol. The number of amides is 1. The number of carbonyl (C=O) groups is 2. The van der Waals surface area contributed by atoms with Crippen LogP contribution in [-0.2, 0) is 9.59 Å². The third-order valence-electron chi connectivity index (χ3n) is 3.98. The van der Waals surface area contributed by atoms with Crippen LogP contribution in [0.5, 0.6) is 0 Å². The zero-order valence-electron chi connectivity index (χ0n) is 11.2. The number of rotatable bonds is 5. The highest BCUT2D eigenvalue weighted by atomic mass is 16.4. The topological polar surface area (TPSA) is 92.4 Å². The van der Waals surface area contributed by atoms with Crippen LogP contribution in [0.4, 0.5) is 0 Å². The molecule has 2 atom stereocenters. The Hall–Kier alpha value is -1.10. The average Bonchev–Trinajstić information content (AvgIpc) is 2.37. The Morgan fingerprint density at radius 3 is 2.33 bits per heavy atom. The summed E-state index contributed by atoms with van der Waals surface area (Å²) in [5, 5.41) is 11.8. The molecule has 0 aromatic rings. The number of aliphatic carboxylic acids is 1. The lowest BCUT2D eigenvalue weighted by Crippen LogP contribution is -2.49. The normalized spacial score (nSPS) is 27.3. The number of hydrogen-bond donors (Lipinski definition) is 3. The predicted molar refractivity (Wildman–Crippen MR) is 69.0 cm³/mol. The van der Waals surface area contributed by atoms with Crippen molar-refractivity contribution in [3.05, 3.63) is 0 Å². The van der Waals surface area contributed by atoms with Gasteiger partial charge in [0.2, 0.25) is 5.91 Å². The van der Waals surface area contributed by atoms with Crippen molar-refractivity contribution in [3.8, 4) is 0 Å². The maximum absolute atomic E-state index is 11.9. The van der Waals surface area contributed by atoms with Gasteiger partial charge in [0, 0.05) is 6.04 Å². The first-order valence-electron chi connectivity index (χ1n) is 6.74. The SMILES string of the molecule is CCC(C)[C@H](N)C(=O)NC1CCC(C(=O)O)CC1. The Kier molecular flexibility index (Phi) is 5.59. The molecule has 0 aromatic carbocycles. The lowest BCUT2D eigenvalue weighted by Gasteiger charge is -2.28. The van der Waals surface area contributed by atoms with E-state index in [1.807, 2.05) is 13.8 Å². The van der Waals surface area contributed by atoms with Crippen LogP contribution in [0, 0.1) is 11.8 Å². The molecule has 1 saturated carbocycles. The molecule has 0 saturated heterocycles. The molecule has 1 unspecified atom stereocenters. The number of carbonyl (C=O) groups excluding carboxylic acids is 1. The summed E-state index contributed by atoms with van der Waals surface area (Å²) in [5.41, 5.74) is 5.86. The first-order chi connectivity index (χ1) is 8.45. The molecular weight excluding hydrogens is 232 g/mol. The van der Waals surface area contributed by atoms with Crippen LogP contribution >= 0.6 is 0 Å². The van der Waals surface area contributed by atoms with Crippen LogP contribution in [-0.4, -0.2) is 29.1 Å². The van der Waals surface area contributed by atoms with E-state index in [4.69, 9.17) is 10.8 Å². The van der Waals surface area contributed by atoms with E-state index in [-0.39, 0.29) is 23.8 Å². The predicted octanol–water partition coefficient (Wildman–Crippen LogP) is 1.12. The van der Waals surface area contributed by atoms with Gasteiger partial charge < -0.3 is 16.2 Å². The molecule has 0 radical (unpaired) electrons. The maximum Gasteiger partial charge on any atom is 0.306 e. The lowest BCUT2D eigenvalue weighted by molar-refractivity contribution is -0.142. The smallest absolute Gasteiger partial charge is 0.306 e. The highest BCUT2D eigenvalue weighted by Crippen LogP contribution is 2.24. The van der Waals surface area contributed by atoms with E-state index >= 15 is 0 Å². The van der Waals surface area contributed by atoms with Crippen molar-refractivity contribution in [1.82, 2.24) is 5.32 Å². The zero-order valence-corrected chi connectivity index (χ0v) is 11.2. The second kappa shape index (κ2) is 6.73. The molecule has 5 heteroatoms. The molecule has 4 N–H and O–H groups in total. The van der Waals surface area contributed by atoms with Crippen LogP contribution in [0.15, 0.2) is 0 Å². The molecule has 1 rings (SSSR count). The van der Waals surface area contributed by atoms with E-state index in [2.05, 4.69) is 5.32 Å². The van der Waals surface area contributed by atoms with Crippen LogP contribution in [0.3, 0.4) is 0 Å². The van der Waals surface area contributed by atoms with Crippen molar-refractivity contribution >= 4 is 11.9 Å². The highest BCUT2D eigenvalue weighted by molar-refractivity contribution is 5.82. The summed E-state index contributed by atoms with van der Waals surface area (Å²) in [6, 6.07) is -0.379. The Morgan fingerprint density at radius 2 is 1.89 bits per heavy atom. The van der Waals surface area contributed by atoms with Crippen molar-refractivity contribution in [2.24, 2.45) is 17.6 Å². The van der Waals surface area contributed by atoms with Crippen molar-refractivity contribution in [2.75, 3.05) is 0 Å². The van der Waals surface area contributed by atoms with Gasteiger partial charge in [-0.25, -0.2) is 0 Å². The average molecular weight is 256 g/mol. The molecule has 0 aliphatic heterocycles. The van der Waals surface area contributed by atoms with Gasteiger partial charge in [-0.05, 0) is 31.6 Å². The molecule has 0 spiro atoms. The Morgan fingerprint density at radius 1 is 1.33 bits per heavy atom. The van der Waals surface area contributed by atoms with E-state index in [0.29, 0.717) is 12.8 Å². The fraction of sp³-hybridized carbons (Fsp3) is 0.846. The van der Waals surface area contributed by atoms with Gasteiger partial charge >= 0.3 is 5.97 Å². The van der Waals surface area contributed by atoms with Gasteiger partial charge in [0.15, 0.2) is 0 Å². The fourth-order valence-electron chi connectivity index (χ4n) is 2.29. The highest BCUT2D eigenvalue weighted by Gasteiger charge is 2.28. The molecular formula is C13H24N2O3. The van der Waals surface area contributed by atoms with Crippen molar-refractivity contribution in [1.29, 1.82) is 0 Å². The van der Waals surface area contributed by atoms with Crippen molar-refractivity contribution in [2.45, 2.75) is 58.0 Å². The molecule has 0 heterocycles. The van der Waals surface area contributed by atoms with Crippen LogP contribution in [0.25, 0.3) is 0 Å². The Balaban J connectivity index is 2.36. The van der Waals surface area contributed by atoms with Gasteiger partial charge in [0.1, 0.15) is 0 Å². The van der Waals surface area contributed by atoms with E-state index < -0.39 is 12.0 Å². The molecule has 1 aliphatic carbocycles. The summed E-state index contributed by atoms with van der Waals surface area (Å²) < 4.78 is 0. The van der Waals surface area contributed by atoms with Crippen LogP contribution < -0.4 is 11.1 Å². The van der Waals surface area contributed by atoms with Crippen LogP contribution in [0.1, 0.15) is 46.0 Å². The van der Waals surface area contributed by atoms with E-state index in [1.54, 1.807) is 0 Å². The first-order valence-corrected chi connectivity index (χ1v) is 6.74. The third-order valence-corrected chi connectivity index (χ3v) is 3.98. The van der Waals surface area contributed by atoms with E-state index in [9.17, 15) is 9.59 Å².